The van der Waals surface area contributed by atoms with Gasteiger partial charge in [0, 0.05) is 6.54 Å². The molecule has 1 amide bonds. The standard InChI is InChI=1S/C22H28FNO3/c1-3-5-14-26-20-9-7-8-19(21(20)27-15-6-4-2)22(25)24-16-17-10-12-18(23)13-11-17/h7-13H,3-6,14-16H2,1-2H3,(H,24,25). The molecular formula is C22H28FNO3. The van der Waals surface area contributed by atoms with E-state index in [0.29, 0.717) is 36.8 Å². The average molecular weight is 373 g/mol. The maximum absolute atomic E-state index is 13.0. The zero-order chi connectivity index (χ0) is 19.5. The lowest BCUT2D eigenvalue weighted by molar-refractivity contribution is 0.0945. The summed E-state index contributed by atoms with van der Waals surface area (Å²) < 4.78 is 24.7. The van der Waals surface area contributed by atoms with Gasteiger partial charge in [-0.15, -0.1) is 0 Å². The largest absolute Gasteiger partial charge is 0.490 e. The Morgan fingerprint density at radius 3 is 2.30 bits per heavy atom. The van der Waals surface area contributed by atoms with Crippen molar-refractivity contribution in [1.29, 1.82) is 0 Å². The van der Waals surface area contributed by atoms with Crippen LogP contribution in [0.4, 0.5) is 4.39 Å². The van der Waals surface area contributed by atoms with Crippen molar-refractivity contribution < 1.29 is 18.7 Å². The number of carbonyl (C=O) groups excluding carboxylic acids is 1. The summed E-state index contributed by atoms with van der Waals surface area (Å²) in [7, 11) is 0. The molecule has 0 aliphatic rings. The van der Waals surface area contributed by atoms with E-state index in [0.717, 1.165) is 31.2 Å². The third-order valence-corrected chi connectivity index (χ3v) is 4.09. The molecule has 0 fully saturated rings. The van der Waals surface area contributed by atoms with Crippen molar-refractivity contribution in [3.05, 3.63) is 59.4 Å². The lowest BCUT2D eigenvalue weighted by Gasteiger charge is -2.16. The molecule has 0 atom stereocenters. The predicted octanol–water partition coefficient (Wildman–Crippen LogP) is 5.11. The molecule has 0 radical (unpaired) electrons. The van der Waals surface area contributed by atoms with Gasteiger partial charge in [0.2, 0.25) is 0 Å². The highest BCUT2D eigenvalue weighted by Gasteiger charge is 2.17. The van der Waals surface area contributed by atoms with Crippen LogP contribution in [0.3, 0.4) is 0 Å². The number of unbranched alkanes of at least 4 members (excludes halogenated alkanes) is 2. The summed E-state index contributed by atoms with van der Waals surface area (Å²) >= 11 is 0. The highest BCUT2D eigenvalue weighted by molar-refractivity contribution is 5.97. The summed E-state index contributed by atoms with van der Waals surface area (Å²) in [6.07, 6.45) is 3.88. The number of carbonyl (C=O) groups is 1. The van der Waals surface area contributed by atoms with E-state index in [-0.39, 0.29) is 11.7 Å². The predicted molar refractivity (Wildman–Crippen MR) is 105 cm³/mol. The molecule has 0 bridgehead atoms. The van der Waals surface area contributed by atoms with E-state index in [9.17, 15) is 9.18 Å². The van der Waals surface area contributed by atoms with Gasteiger partial charge in [0.1, 0.15) is 5.82 Å². The van der Waals surface area contributed by atoms with Crippen molar-refractivity contribution in [3.8, 4) is 11.5 Å². The number of nitrogens with one attached hydrogen (secondary N) is 1. The van der Waals surface area contributed by atoms with Gasteiger partial charge in [-0.05, 0) is 42.7 Å². The van der Waals surface area contributed by atoms with Crippen molar-refractivity contribution in [3.63, 3.8) is 0 Å². The Morgan fingerprint density at radius 2 is 1.63 bits per heavy atom. The summed E-state index contributed by atoms with van der Waals surface area (Å²) in [5.41, 5.74) is 1.27. The van der Waals surface area contributed by atoms with Crippen LogP contribution in [0, 0.1) is 5.82 Å². The van der Waals surface area contributed by atoms with Gasteiger partial charge in [-0.2, -0.15) is 0 Å². The van der Waals surface area contributed by atoms with E-state index < -0.39 is 0 Å². The highest BCUT2D eigenvalue weighted by Crippen LogP contribution is 2.32. The first kappa shape index (κ1) is 20.7. The molecule has 0 aliphatic heterocycles. The molecule has 0 saturated heterocycles. The van der Waals surface area contributed by atoms with Gasteiger partial charge in [0.05, 0.1) is 18.8 Å². The van der Waals surface area contributed by atoms with Crippen LogP contribution in [0.15, 0.2) is 42.5 Å². The van der Waals surface area contributed by atoms with Gasteiger partial charge in [-0.3, -0.25) is 4.79 Å². The molecule has 2 aromatic rings. The number of halogens is 1. The summed E-state index contributed by atoms with van der Waals surface area (Å²) in [5.74, 6) is 0.535. The van der Waals surface area contributed by atoms with Crippen LogP contribution in [0.25, 0.3) is 0 Å². The Hall–Kier alpha value is -2.56. The van der Waals surface area contributed by atoms with E-state index >= 15 is 0 Å². The Labute approximate surface area is 160 Å². The first-order valence-electron chi connectivity index (χ1n) is 9.57. The van der Waals surface area contributed by atoms with E-state index in [4.69, 9.17) is 9.47 Å². The molecule has 0 unspecified atom stereocenters. The van der Waals surface area contributed by atoms with Gasteiger partial charge >= 0.3 is 0 Å². The zero-order valence-corrected chi connectivity index (χ0v) is 16.1. The molecule has 4 nitrogen and oxygen atoms in total. The number of rotatable bonds is 11. The first-order valence-corrected chi connectivity index (χ1v) is 9.57. The summed E-state index contributed by atoms with van der Waals surface area (Å²) in [5, 5.41) is 2.86. The molecule has 0 aliphatic carbocycles. The molecule has 0 heterocycles. The van der Waals surface area contributed by atoms with Gasteiger partial charge in [-0.25, -0.2) is 4.39 Å². The molecule has 0 saturated carbocycles. The fourth-order valence-corrected chi connectivity index (χ4v) is 2.48. The third-order valence-electron chi connectivity index (χ3n) is 4.09. The van der Waals surface area contributed by atoms with Crippen molar-refractivity contribution in [1.82, 2.24) is 5.32 Å². The number of ether oxygens (including phenoxy) is 2. The highest BCUT2D eigenvalue weighted by atomic mass is 19.1. The SMILES string of the molecule is CCCCOc1cccc(C(=O)NCc2ccc(F)cc2)c1OCCCC. The van der Waals surface area contributed by atoms with Gasteiger partial charge in [-0.1, -0.05) is 44.9 Å². The van der Waals surface area contributed by atoms with Gasteiger partial charge in [0.25, 0.3) is 5.91 Å². The second kappa shape index (κ2) is 11.2. The van der Waals surface area contributed by atoms with Crippen LogP contribution >= 0.6 is 0 Å². The Balaban J connectivity index is 2.12. The molecule has 2 rings (SSSR count). The van der Waals surface area contributed by atoms with Crippen molar-refractivity contribution in [2.75, 3.05) is 13.2 Å². The molecule has 2 aromatic carbocycles. The van der Waals surface area contributed by atoms with Gasteiger partial charge in [0.15, 0.2) is 11.5 Å². The van der Waals surface area contributed by atoms with E-state index in [1.807, 2.05) is 6.07 Å². The maximum Gasteiger partial charge on any atom is 0.255 e. The summed E-state index contributed by atoms with van der Waals surface area (Å²) in [6, 6.07) is 11.4. The number of amides is 1. The van der Waals surface area contributed by atoms with Crippen LogP contribution in [-0.2, 0) is 6.54 Å². The molecule has 0 spiro atoms. The lowest BCUT2D eigenvalue weighted by atomic mass is 10.1. The minimum atomic E-state index is -0.298. The summed E-state index contributed by atoms with van der Waals surface area (Å²) in [6.45, 7) is 5.61. The number of benzene rings is 2. The lowest BCUT2D eigenvalue weighted by Crippen LogP contribution is -2.23. The normalized spacial score (nSPS) is 10.5. The molecule has 1 N–H and O–H groups in total. The second-order valence-electron chi connectivity index (χ2n) is 6.35. The molecule has 27 heavy (non-hydrogen) atoms. The molecule has 5 heteroatoms. The van der Waals surface area contributed by atoms with Crippen LogP contribution < -0.4 is 14.8 Å². The maximum atomic E-state index is 13.0. The second-order valence-corrected chi connectivity index (χ2v) is 6.35. The fourth-order valence-electron chi connectivity index (χ4n) is 2.48. The van der Waals surface area contributed by atoms with E-state index in [1.165, 1.54) is 12.1 Å². The quantitative estimate of drug-likeness (QED) is 0.557. The van der Waals surface area contributed by atoms with Gasteiger partial charge < -0.3 is 14.8 Å². The van der Waals surface area contributed by atoms with E-state index in [2.05, 4.69) is 19.2 Å². The number of hydrogen-bond acceptors (Lipinski definition) is 3. The Bertz CT molecular complexity index is 716. The monoisotopic (exact) mass is 373 g/mol. The van der Waals surface area contributed by atoms with E-state index in [1.54, 1.807) is 24.3 Å². The van der Waals surface area contributed by atoms with Crippen LogP contribution in [0.2, 0.25) is 0 Å². The molecule has 146 valence electrons. The minimum absolute atomic E-state index is 0.244. The summed E-state index contributed by atoms with van der Waals surface area (Å²) in [4.78, 5) is 12.7. The fraction of sp³-hybridized carbons (Fsp3) is 0.409. The number of hydrogen-bond donors (Lipinski definition) is 1. The Morgan fingerprint density at radius 1 is 0.963 bits per heavy atom. The van der Waals surface area contributed by atoms with Crippen LogP contribution in [0.5, 0.6) is 11.5 Å². The topological polar surface area (TPSA) is 47.6 Å². The first-order chi connectivity index (χ1) is 13.2. The third kappa shape index (κ3) is 6.59. The smallest absolute Gasteiger partial charge is 0.255 e. The van der Waals surface area contributed by atoms with Crippen molar-refractivity contribution >= 4 is 5.91 Å². The van der Waals surface area contributed by atoms with Crippen molar-refractivity contribution in [2.45, 2.75) is 46.1 Å². The van der Waals surface area contributed by atoms with Crippen LogP contribution in [-0.4, -0.2) is 19.1 Å². The van der Waals surface area contributed by atoms with Crippen LogP contribution in [0.1, 0.15) is 55.5 Å². The number of para-hydroxylation sites is 1. The Kier molecular flexibility index (Phi) is 8.62. The average Bonchev–Trinajstić information content (AvgIpc) is 2.68. The molecule has 0 aromatic heterocycles. The minimum Gasteiger partial charge on any atom is -0.490 e. The van der Waals surface area contributed by atoms with Crippen molar-refractivity contribution in [2.24, 2.45) is 0 Å². The molecular weight excluding hydrogens is 345 g/mol. The zero-order valence-electron chi connectivity index (χ0n) is 16.1.